The van der Waals surface area contributed by atoms with E-state index in [1.807, 2.05) is 0 Å². The summed E-state index contributed by atoms with van der Waals surface area (Å²) in [5.74, 6) is -0.772. The van der Waals surface area contributed by atoms with Gasteiger partial charge in [0.15, 0.2) is 12.6 Å². The van der Waals surface area contributed by atoms with E-state index in [1.165, 1.54) is 154 Å². The van der Waals surface area contributed by atoms with Gasteiger partial charge in [-0.3, -0.25) is 4.79 Å². The fourth-order valence-corrected chi connectivity index (χ4v) is 10.1. The maximum atomic E-state index is 13.5. The summed E-state index contributed by atoms with van der Waals surface area (Å²) in [6.45, 7) is 2.43. The van der Waals surface area contributed by atoms with Crippen LogP contribution in [0.3, 0.4) is 0 Å². The topological polar surface area (TPSA) is 268 Å². The second kappa shape index (κ2) is 43.0. The van der Waals surface area contributed by atoms with Gasteiger partial charge >= 0.3 is 0 Å². The molecule has 16 heteroatoms. The Morgan fingerprint density at radius 1 is 0.458 bits per heavy atom. The minimum Gasteiger partial charge on any atom is -0.394 e. The summed E-state index contributed by atoms with van der Waals surface area (Å²) in [5, 5.41) is 109. The van der Waals surface area contributed by atoms with E-state index in [1.54, 1.807) is 0 Å². The van der Waals surface area contributed by atoms with Crippen LogP contribution in [0, 0.1) is 0 Å². The number of unbranched alkanes of at least 4 members (excludes halogenated alkanes) is 32. The van der Waals surface area contributed by atoms with Gasteiger partial charge in [0, 0.05) is 0 Å². The first-order valence-electron chi connectivity index (χ1n) is 29.5. The van der Waals surface area contributed by atoms with Gasteiger partial charge in [-0.1, -0.05) is 232 Å². The van der Waals surface area contributed by atoms with Gasteiger partial charge in [0.05, 0.1) is 32.0 Å². The van der Waals surface area contributed by atoms with Crippen LogP contribution in [0.25, 0.3) is 0 Å². The molecule has 0 bridgehead atoms. The maximum absolute atomic E-state index is 13.5. The Balaban J connectivity index is 1.88. The molecule has 0 aromatic rings. The monoisotopic (exact) mass is 1040 g/mol. The number of nitrogens with one attached hydrogen (secondary N) is 1. The molecule has 1 amide bonds. The molecule has 2 fully saturated rings. The number of aliphatic hydroxyl groups is 10. The molecule has 428 valence electrons. The van der Waals surface area contributed by atoms with Crippen molar-refractivity contribution >= 4 is 5.91 Å². The van der Waals surface area contributed by atoms with Crippen molar-refractivity contribution in [3.63, 3.8) is 0 Å². The van der Waals surface area contributed by atoms with E-state index in [9.17, 15) is 55.9 Å². The molecule has 14 atom stereocenters. The van der Waals surface area contributed by atoms with Crippen LogP contribution in [0.1, 0.15) is 245 Å². The Labute approximate surface area is 435 Å². The third-order valence-electron chi connectivity index (χ3n) is 15.0. The Morgan fingerprint density at radius 3 is 1.19 bits per heavy atom. The Kier molecular flexibility index (Phi) is 40.0. The highest BCUT2D eigenvalue weighted by atomic mass is 16.8. The van der Waals surface area contributed by atoms with Gasteiger partial charge in [0.1, 0.15) is 61.0 Å². The van der Waals surface area contributed by atoms with E-state index in [-0.39, 0.29) is 12.8 Å². The second-order valence-corrected chi connectivity index (χ2v) is 21.4. The summed E-state index contributed by atoms with van der Waals surface area (Å²) in [6.07, 6.45) is 20.5. The van der Waals surface area contributed by atoms with Crippen LogP contribution >= 0.6 is 0 Å². The summed E-state index contributed by atoms with van der Waals surface area (Å²) >= 11 is 0. The Bertz CT molecular complexity index is 1250. The molecule has 0 spiro atoms. The molecule has 0 radical (unpaired) electrons. The predicted octanol–water partition coefficient (Wildman–Crippen LogP) is 7.28. The largest absolute Gasteiger partial charge is 0.394 e. The second-order valence-electron chi connectivity index (χ2n) is 21.4. The molecule has 2 heterocycles. The molecular weight excluding hydrogens is 927 g/mol. The van der Waals surface area contributed by atoms with E-state index in [4.69, 9.17) is 18.9 Å². The van der Waals surface area contributed by atoms with Gasteiger partial charge in [-0.05, 0) is 12.8 Å². The first-order valence-corrected chi connectivity index (χ1v) is 29.5. The van der Waals surface area contributed by atoms with Crippen molar-refractivity contribution in [2.24, 2.45) is 0 Å². The lowest BCUT2D eigenvalue weighted by Gasteiger charge is -2.46. The van der Waals surface area contributed by atoms with Crippen molar-refractivity contribution in [3.05, 3.63) is 0 Å². The van der Waals surface area contributed by atoms with E-state index < -0.39 is 111 Å². The maximum Gasteiger partial charge on any atom is 0.249 e. The normalized spacial score (nSPS) is 26.4. The van der Waals surface area contributed by atoms with Crippen molar-refractivity contribution in [2.75, 3.05) is 19.8 Å². The third-order valence-corrected chi connectivity index (χ3v) is 15.0. The zero-order valence-electron chi connectivity index (χ0n) is 45.2. The smallest absolute Gasteiger partial charge is 0.249 e. The molecule has 11 N–H and O–H groups in total. The van der Waals surface area contributed by atoms with Gasteiger partial charge in [-0.2, -0.15) is 0 Å². The van der Waals surface area contributed by atoms with Gasteiger partial charge < -0.3 is 75.3 Å². The quantitative estimate of drug-likeness (QED) is 0.0268. The molecule has 2 rings (SSSR count). The Morgan fingerprint density at radius 2 is 0.806 bits per heavy atom. The summed E-state index contributed by atoms with van der Waals surface area (Å²) in [5.41, 5.74) is 0. The fraction of sp³-hybridized carbons (Fsp3) is 0.982. The average molecular weight is 1040 g/mol. The average Bonchev–Trinajstić information content (AvgIpc) is 3.38. The van der Waals surface area contributed by atoms with Gasteiger partial charge in [-0.25, -0.2) is 0 Å². The van der Waals surface area contributed by atoms with Crippen LogP contribution in [0.4, 0.5) is 0 Å². The lowest BCUT2D eigenvalue weighted by molar-refractivity contribution is -0.368. The lowest BCUT2D eigenvalue weighted by Crippen LogP contribution is -2.65. The highest BCUT2D eigenvalue weighted by Gasteiger charge is 2.51. The molecule has 16 nitrogen and oxygen atoms in total. The number of carbonyl (C=O) groups excluding carboxylic acids is 1. The highest BCUT2D eigenvalue weighted by Crippen LogP contribution is 2.30. The molecule has 0 aromatic heterocycles. The third kappa shape index (κ3) is 28.3. The molecule has 0 saturated carbocycles. The molecule has 0 aromatic carbocycles. The van der Waals surface area contributed by atoms with Crippen LogP contribution < -0.4 is 5.32 Å². The number of ether oxygens (including phenoxy) is 4. The molecular formula is C56H109NO15. The summed E-state index contributed by atoms with van der Waals surface area (Å²) in [7, 11) is 0. The molecule has 2 aliphatic heterocycles. The number of amides is 1. The van der Waals surface area contributed by atoms with Crippen LogP contribution in [-0.4, -0.2) is 163 Å². The van der Waals surface area contributed by atoms with Crippen molar-refractivity contribution in [1.29, 1.82) is 0 Å². The Hall–Kier alpha value is -1.09. The van der Waals surface area contributed by atoms with Crippen molar-refractivity contribution in [2.45, 2.75) is 331 Å². The van der Waals surface area contributed by atoms with Crippen molar-refractivity contribution in [3.8, 4) is 0 Å². The lowest BCUT2D eigenvalue weighted by atomic mass is 9.97. The van der Waals surface area contributed by atoms with Crippen LogP contribution in [0.2, 0.25) is 0 Å². The zero-order valence-corrected chi connectivity index (χ0v) is 45.2. The number of rotatable bonds is 47. The summed E-state index contributed by atoms with van der Waals surface area (Å²) in [4.78, 5) is 13.5. The predicted molar refractivity (Wildman–Crippen MR) is 280 cm³/mol. The van der Waals surface area contributed by atoms with E-state index in [0.717, 1.165) is 51.4 Å². The molecule has 1 unspecified atom stereocenters. The standard InChI is InChI=1S/C56H109NO15/c1-3-5-7-9-11-13-15-17-19-20-21-22-23-24-26-28-30-32-34-36-38-44(61)54(68)57-42(47(62)43(60)37-35-33-31-29-27-25-18-16-14-12-10-8-6-4-2)41-69-56-53(51(66)49(64)46(40-59)71-56)72-55-52(67)50(65)48(63)45(39-58)70-55/h42-53,55-56,58-67H,3-41H2,1-2H3,(H,57,68)/t42-,43+,44+,45+,46+,47-,48-,49-,50-,51-,52+,53+,55?,56-/m0/s1. The number of carbonyl (C=O) groups is 1. The molecule has 0 aliphatic carbocycles. The zero-order chi connectivity index (χ0) is 52.8. The summed E-state index contributed by atoms with van der Waals surface area (Å²) in [6, 6.07) is -1.31. The van der Waals surface area contributed by atoms with Crippen molar-refractivity contribution < 1.29 is 74.8 Å². The van der Waals surface area contributed by atoms with E-state index in [2.05, 4.69) is 19.2 Å². The first-order chi connectivity index (χ1) is 34.9. The van der Waals surface area contributed by atoms with Crippen molar-refractivity contribution in [1.82, 2.24) is 5.32 Å². The number of hydrogen-bond acceptors (Lipinski definition) is 15. The molecule has 2 aliphatic rings. The van der Waals surface area contributed by atoms with Crippen LogP contribution in [-0.2, 0) is 23.7 Å². The van der Waals surface area contributed by atoms with E-state index in [0.29, 0.717) is 12.8 Å². The van der Waals surface area contributed by atoms with E-state index >= 15 is 0 Å². The molecule has 72 heavy (non-hydrogen) atoms. The molecule has 2 saturated heterocycles. The minimum absolute atomic E-state index is 0.194. The van der Waals surface area contributed by atoms with Crippen LogP contribution in [0.5, 0.6) is 0 Å². The summed E-state index contributed by atoms with van der Waals surface area (Å²) < 4.78 is 23.0. The van der Waals surface area contributed by atoms with Gasteiger partial charge in [0.25, 0.3) is 0 Å². The highest BCUT2D eigenvalue weighted by molar-refractivity contribution is 5.80. The minimum atomic E-state index is -1.87. The number of hydrogen-bond donors (Lipinski definition) is 11. The SMILES string of the molecule is CCCCCCCCCCCCCCCCCCCCCC[C@@H](O)C(=O)N[C@@H](CO[C@H]1O[C@H](CO)[C@H](O)[C@H](O)[C@H]1OC1O[C@H](CO)[C@H](O)[C@H](O)[C@H]1O)[C@H](O)[C@H](O)CCCCCCCCCCCCCCCC. The first kappa shape index (κ1) is 67.0. The van der Waals surface area contributed by atoms with Gasteiger partial charge in [-0.15, -0.1) is 0 Å². The fourth-order valence-electron chi connectivity index (χ4n) is 10.1. The van der Waals surface area contributed by atoms with Crippen LogP contribution in [0.15, 0.2) is 0 Å². The number of aliphatic hydroxyl groups excluding tert-OH is 10. The van der Waals surface area contributed by atoms with Gasteiger partial charge in [0.2, 0.25) is 5.91 Å².